The van der Waals surface area contributed by atoms with Crippen LogP contribution in [0.3, 0.4) is 0 Å². The fourth-order valence-corrected chi connectivity index (χ4v) is 2.23. The Labute approximate surface area is 124 Å². The summed E-state index contributed by atoms with van der Waals surface area (Å²) < 4.78 is 11.4. The standard InChI is InChI=1S/C16H21N3O2/c1-11(2)17-10-16-18-9-13(19-16)12-4-5-14-15(8-12)21-7-3-6-20-14/h4-5,8-9,11,17H,3,6-7,10H2,1-2H3,(H,18,19). The average Bonchev–Trinajstić information content (AvgIpc) is 2.82. The maximum Gasteiger partial charge on any atom is 0.161 e. The van der Waals surface area contributed by atoms with E-state index in [0.717, 1.165) is 41.5 Å². The largest absolute Gasteiger partial charge is 0.490 e. The highest BCUT2D eigenvalue weighted by molar-refractivity contribution is 5.63. The molecule has 112 valence electrons. The molecule has 2 heterocycles. The van der Waals surface area contributed by atoms with Crippen LogP contribution in [-0.2, 0) is 6.54 Å². The number of benzene rings is 1. The van der Waals surface area contributed by atoms with E-state index in [1.54, 1.807) is 0 Å². The number of nitrogens with zero attached hydrogens (tertiary/aromatic N) is 1. The van der Waals surface area contributed by atoms with Crippen LogP contribution in [0.2, 0.25) is 0 Å². The lowest BCUT2D eigenvalue weighted by atomic mass is 10.1. The van der Waals surface area contributed by atoms with Crippen LogP contribution in [0.5, 0.6) is 11.5 Å². The molecule has 2 aromatic rings. The van der Waals surface area contributed by atoms with Gasteiger partial charge in [0.15, 0.2) is 11.5 Å². The van der Waals surface area contributed by atoms with Gasteiger partial charge in [0.1, 0.15) is 5.82 Å². The first-order valence-electron chi connectivity index (χ1n) is 7.39. The van der Waals surface area contributed by atoms with Crippen molar-refractivity contribution in [3.8, 4) is 22.8 Å². The van der Waals surface area contributed by atoms with Crippen LogP contribution in [0.1, 0.15) is 26.1 Å². The molecule has 3 rings (SSSR count). The summed E-state index contributed by atoms with van der Waals surface area (Å²) in [6.45, 7) is 6.38. The third-order valence-electron chi connectivity index (χ3n) is 3.36. The molecule has 1 aromatic heterocycles. The van der Waals surface area contributed by atoms with Gasteiger partial charge >= 0.3 is 0 Å². The van der Waals surface area contributed by atoms with Crippen molar-refractivity contribution < 1.29 is 9.47 Å². The number of fused-ring (bicyclic) bond motifs is 1. The summed E-state index contributed by atoms with van der Waals surface area (Å²) in [6.07, 6.45) is 2.77. The van der Waals surface area contributed by atoms with Crippen molar-refractivity contribution >= 4 is 0 Å². The summed E-state index contributed by atoms with van der Waals surface area (Å²) in [6, 6.07) is 6.44. The molecule has 0 fully saturated rings. The lowest BCUT2D eigenvalue weighted by molar-refractivity contribution is 0.297. The predicted molar refractivity (Wildman–Crippen MR) is 81.6 cm³/mol. The topological polar surface area (TPSA) is 59.2 Å². The lowest BCUT2D eigenvalue weighted by Gasteiger charge is -2.08. The van der Waals surface area contributed by atoms with Gasteiger partial charge in [0.05, 0.1) is 31.6 Å². The van der Waals surface area contributed by atoms with Gasteiger partial charge in [0.2, 0.25) is 0 Å². The fourth-order valence-electron chi connectivity index (χ4n) is 2.23. The zero-order chi connectivity index (χ0) is 14.7. The van der Waals surface area contributed by atoms with E-state index < -0.39 is 0 Å². The van der Waals surface area contributed by atoms with Gasteiger partial charge < -0.3 is 19.8 Å². The Bertz CT molecular complexity index is 607. The molecular weight excluding hydrogens is 266 g/mol. The van der Waals surface area contributed by atoms with Crippen molar-refractivity contribution in [1.82, 2.24) is 15.3 Å². The maximum atomic E-state index is 5.72. The molecule has 0 unspecified atom stereocenters. The summed E-state index contributed by atoms with van der Waals surface area (Å²) in [4.78, 5) is 7.74. The maximum absolute atomic E-state index is 5.72. The van der Waals surface area contributed by atoms with Crippen molar-refractivity contribution in [1.29, 1.82) is 0 Å². The van der Waals surface area contributed by atoms with Gasteiger partial charge in [-0.15, -0.1) is 0 Å². The van der Waals surface area contributed by atoms with Crippen LogP contribution in [-0.4, -0.2) is 29.2 Å². The van der Waals surface area contributed by atoms with Gasteiger partial charge in [-0.05, 0) is 18.2 Å². The van der Waals surface area contributed by atoms with Gasteiger partial charge in [0, 0.05) is 18.0 Å². The van der Waals surface area contributed by atoms with Crippen molar-refractivity contribution in [2.75, 3.05) is 13.2 Å². The van der Waals surface area contributed by atoms with E-state index in [9.17, 15) is 0 Å². The Morgan fingerprint density at radius 2 is 2.05 bits per heavy atom. The Balaban J connectivity index is 1.79. The number of imidazole rings is 1. The van der Waals surface area contributed by atoms with E-state index in [1.165, 1.54) is 0 Å². The highest BCUT2D eigenvalue weighted by Crippen LogP contribution is 2.33. The Morgan fingerprint density at radius 1 is 1.24 bits per heavy atom. The summed E-state index contributed by atoms with van der Waals surface area (Å²) in [5, 5.41) is 3.35. The molecule has 0 aliphatic carbocycles. The molecule has 21 heavy (non-hydrogen) atoms. The molecule has 1 aliphatic rings. The van der Waals surface area contributed by atoms with Crippen molar-refractivity contribution in [3.63, 3.8) is 0 Å². The quantitative estimate of drug-likeness (QED) is 0.908. The number of hydrogen-bond donors (Lipinski definition) is 2. The first kappa shape index (κ1) is 13.9. The number of rotatable bonds is 4. The SMILES string of the molecule is CC(C)NCc1ncc(-c2ccc3c(c2)OCCCO3)[nH]1. The second-order valence-electron chi connectivity index (χ2n) is 5.49. The number of hydrogen-bond acceptors (Lipinski definition) is 4. The Hall–Kier alpha value is -2.01. The van der Waals surface area contributed by atoms with Crippen LogP contribution in [0, 0.1) is 0 Å². The summed E-state index contributed by atoms with van der Waals surface area (Å²) in [5.74, 6) is 2.56. The first-order chi connectivity index (χ1) is 10.2. The van der Waals surface area contributed by atoms with E-state index in [4.69, 9.17) is 9.47 Å². The summed E-state index contributed by atoms with van der Waals surface area (Å²) in [5.41, 5.74) is 2.05. The molecular formula is C16H21N3O2. The smallest absolute Gasteiger partial charge is 0.161 e. The predicted octanol–water partition coefficient (Wildman–Crippen LogP) is 2.74. The first-order valence-corrected chi connectivity index (χ1v) is 7.39. The number of nitrogens with one attached hydrogen (secondary N) is 2. The Morgan fingerprint density at radius 3 is 2.86 bits per heavy atom. The van der Waals surface area contributed by atoms with Crippen LogP contribution in [0.4, 0.5) is 0 Å². The molecule has 0 amide bonds. The molecule has 0 saturated heterocycles. The van der Waals surface area contributed by atoms with Gasteiger partial charge in [-0.3, -0.25) is 0 Å². The molecule has 2 N–H and O–H groups in total. The molecule has 0 saturated carbocycles. The van der Waals surface area contributed by atoms with Crippen LogP contribution in [0.25, 0.3) is 11.3 Å². The molecule has 0 spiro atoms. The molecule has 5 nitrogen and oxygen atoms in total. The summed E-state index contributed by atoms with van der Waals surface area (Å²) in [7, 11) is 0. The summed E-state index contributed by atoms with van der Waals surface area (Å²) >= 11 is 0. The third kappa shape index (κ3) is 3.36. The van der Waals surface area contributed by atoms with Crippen LogP contribution < -0.4 is 14.8 Å². The second kappa shape index (κ2) is 6.18. The van der Waals surface area contributed by atoms with Gasteiger partial charge in [-0.1, -0.05) is 13.8 Å². The zero-order valence-electron chi connectivity index (χ0n) is 12.5. The molecule has 0 bridgehead atoms. The minimum atomic E-state index is 0.441. The molecule has 5 heteroatoms. The van der Waals surface area contributed by atoms with Crippen molar-refractivity contribution in [2.24, 2.45) is 0 Å². The van der Waals surface area contributed by atoms with Gasteiger partial charge in [-0.25, -0.2) is 4.98 Å². The van der Waals surface area contributed by atoms with Crippen molar-refractivity contribution in [3.05, 3.63) is 30.2 Å². The van der Waals surface area contributed by atoms with E-state index >= 15 is 0 Å². The Kier molecular flexibility index (Phi) is 4.10. The van der Waals surface area contributed by atoms with E-state index in [1.807, 2.05) is 24.4 Å². The highest BCUT2D eigenvalue weighted by Gasteiger charge is 2.12. The monoisotopic (exact) mass is 287 g/mol. The van der Waals surface area contributed by atoms with Crippen LogP contribution >= 0.6 is 0 Å². The van der Waals surface area contributed by atoms with Crippen molar-refractivity contribution in [2.45, 2.75) is 32.9 Å². The van der Waals surface area contributed by atoms with E-state index in [2.05, 4.69) is 29.1 Å². The molecule has 1 aromatic carbocycles. The number of H-pyrrole nitrogens is 1. The highest BCUT2D eigenvalue weighted by atomic mass is 16.5. The van der Waals surface area contributed by atoms with Gasteiger partial charge in [0.25, 0.3) is 0 Å². The normalized spacial score (nSPS) is 14.2. The number of ether oxygens (including phenoxy) is 2. The molecule has 0 atom stereocenters. The lowest BCUT2D eigenvalue weighted by Crippen LogP contribution is -2.22. The number of aromatic nitrogens is 2. The third-order valence-corrected chi connectivity index (χ3v) is 3.36. The second-order valence-corrected chi connectivity index (χ2v) is 5.49. The number of aromatic amines is 1. The molecule has 0 radical (unpaired) electrons. The van der Waals surface area contributed by atoms with E-state index in [-0.39, 0.29) is 0 Å². The minimum absolute atomic E-state index is 0.441. The van der Waals surface area contributed by atoms with E-state index in [0.29, 0.717) is 19.3 Å². The van der Waals surface area contributed by atoms with Crippen LogP contribution in [0.15, 0.2) is 24.4 Å². The zero-order valence-corrected chi connectivity index (χ0v) is 12.5. The fraction of sp³-hybridized carbons (Fsp3) is 0.438. The van der Waals surface area contributed by atoms with Gasteiger partial charge in [-0.2, -0.15) is 0 Å². The molecule has 1 aliphatic heterocycles. The minimum Gasteiger partial charge on any atom is -0.490 e. The average molecular weight is 287 g/mol.